The van der Waals surface area contributed by atoms with Crippen LogP contribution in [0.5, 0.6) is 0 Å². The number of anilines is 1. The lowest BCUT2D eigenvalue weighted by molar-refractivity contribution is -0.120. The van der Waals surface area contributed by atoms with Gasteiger partial charge in [0.2, 0.25) is 0 Å². The van der Waals surface area contributed by atoms with E-state index in [0.717, 1.165) is 39.0 Å². The number of aryl methyl sites for hydroxylation is 1. The van der Waals surface area contributed by atoms with Crippen molar-refractivity contribution in [2.45, 2.75) is 33.6 Å². The fraction of sp³-hybridized carbons (Fsp3) is 0.588. The monoisotopic (exact) mass is 274 g/mol. The molecule has 0 atom stereocenters. The van der Waals surface area contributed by atoms with Crippen molar-refractivity contribution < 1.29 is 4.79 Å². The van der Waals surface area contributed by atoms with Gasteiger partial charge in [0.1, 0.15) is 5.78 Å². The maximum absolute atomic E-state index is 11.7. The first kappa shape index (κ1) is 15.0. The molecule has 0 aromatic heterocycles. The van der Waals surface area contributed by atoms with Crippen molar-refractivity contribution in [3.05, 3.63) is 29.3 Å². The van der Waals surface area contributed by atoms with E-state index in [1.165, 1.54) is 16.8 Å². The zero-order valence-corrected chi connectivity index (χ0v) is 13.0. The molecule has 1 fully saturated rings. The van der Waals surface area contributed by atoms with E-state index in [-0.39, 0.29) is 0 Å². The standard InChI is InChI=1S/C17H26N2O/c1-4-6-16(20)13-18-9-11-19(12-10-18)17-8-5-7-14(2)15(17)3/h5,7-8H,4,6,9-13H2,1-3H3. The van der Waals surface area contributed by atoms with E-state index in [4.69, 9.17) is 0 Å². The lowest BCUT2D eigenvalue weighted by Crippen LogP contribution is -2.48. The second kappa shape index (κ2) is 6.89. The van der Waals surface area contributed by atoms with Gasteiger partial charge in [-0.05, 0) is 37.5 Å². The van der Waals surface area contributed by atoms with Gasteiger partial charge in [0.05, 0.1) is 6.54 Å². The summed E-state index contributed by atoms with van der Waals surface area (Å²) in [4.78, 5) is 16.4. The quantitative estimate of drug-likeness (QED) is 0.825. The number of hydrogen-bond donors (Lipinski definition) is 0. The molecule has 1 aromatic carbocycles. The van der Waals surface area contributed by atoms with Gasteiger partial charge in [0.15, 0.2) is 0 Å². The molecule has 20 heavy (non-hydrogen) atoms. The first-order valence-corrected chi connectivity index (χ1v) is 7.67. The first-order valence-electron chi connectivity index (χ1n) is 7.67. The van der Waals surface area contributed by atoms with Crippen molar-refractivity contribution in [2.75, 3.05) is 37.6 Å². The Morgan fingerprint density at radius 3 is 2.50 bits per heavy atom. The van der Waals surface area contributed by atoms with Crippen LogP contribution in [-0.2, 0) is 4.79 Å². The van der Waals surface area contributed by atoms with Crippen LogP contribution in [0.3, 0.4) is 0 Å². The van der Waals surface area contributed by atoms with Crippen LogP contribution in [0.25, 0.3) is 0 Å². The lowest BCUT2D eigenvalue weighted by atomic mass is 10.1. The average Bonchev–Trinajstić information content (AvgIpc) is 2.43. The summed E-state index contributed by atoms with van der Waals surface area (Å²) in [5.74, 6) is 0.382. The van der Waals surface area contributed by atoms with Crippen molar-refractivity contribution in [3.63, 3.8) is 0 Å². The Labute approximate surface area is 122 Å². The number of Topliss-reactive ketones (excluding diaryl/α,β-unsaturated/α-hetero) is 1. The first-order chi connectivity index (χ1) is 9.61. The number of carbonyl (C=O) groups excluding carboxylic acids is 1. The minimum Gasteiger partial charge on any atom is -0.369 e. The maximum Gasteiger partial charge on any atom is 0.146 e. The summed E-state index contributed by atoms with van der Waals surface area (Å²) in [5, 5.41) is 0. The molecule has 1 saturated heterocycles. The Balaban J connectivity index is 1.91. The molecule has 0 radical (unpaired) electrons. The van der Waals surface area contributed by atoms with Gasteiger partial charge in [-0.25, -0.2) is 0 Å². The highest BCUT2D eigenvalue weighted by molar-refractivity contribution is 5.80. The summed E-state index contributed by atoms with van der Waals surface area (Å²) in [6.07, 6.45) is 1.68. The number of rotatable bonds is 5. The Kier molecular flexibility index (Phi) is 5.18. The van der Waals surface area contributed by atoms with Crippen molar-refractivity contribution in [2.24, 2.45) is 0 Å². The number of ketones is 1. The molecular formula is C17H26N2O. The van der Waals surface area contributed by atoms with Crippen LogP contribution in [0, 0.1) is 13.8 Å². The van der Waals surface area contributed by atoms with E-state index in [9.17, 15) is 4.79 Å². The van der Waals surface area contributed by atoms with Crippen LogP contribution in [0.15, 0.2) is 18.2 Å². The van der Waals surface area contributed by atoms with Crippen LogP contribution >= 0.6 is 0 Å². The summed E-state index contributed by atoms with van der Waals surface area (Å²) in [5.41, 5.74) is 4.08. The number of piperazine rings is 1. The highest BCUT2D eigenvalue weighted by atomic mass is 16.1. The van der Waals surface area contributed by atoms with Crippen LogP contribution in [-0.4, -0.2) is 43.4 Å². The lowest BCUT2D eigenvalue weighted by Gasteiger charge is -2.36. The van der Waals surface area contributed by atoms with Crippen LogP contribution < -0.4 is 4.90 Å². The number of hydrogen-bond acceptors (Lipinski definition) is 3. The SMILES string of the molecule is CCCC(=O)CN1CCN(c2cccc(C)c2C)CC1. The molecule has 1 aliphatic rings. The fourth-order valence-corrected chi connectivity index (χ4v) is 2.83. The second-order valence-corrected chi connectivity index (χ2v) is 5.77. The zero-order chi connectivity index (χ0) is 14.5. The van der Waals surface area contributed by atoms with Crippen molar-refractivity contribution in [1.29, 1.82) is 0 Å². The van der Waals surface area contributed by atoms with Crippen LogP contribution in [0.1, 0.15) is 30.9 Å². The molecule has 0 aliphatic carbocycles. The third-order valence-corrected chi connectivity index (χ3v) is 4.22. The van der Waals surface area contributed by atoms with Gasteiger partial charge in [-0.2, -0.15) is 0 Å². The molecule has 0 saturated carbocycles. The van der Waals surface area contributed by atoms with Gasteiger partial charge < -0.3 is 4.90 Å². The average molecular weight is 274 g/mol. The molecule has 0 spiro atoms. The topological polar surface area (TPSA) is 23.6 Å². The molecule has 0 bridgehead atoms. The molecule has 2 rings (SSSR count). The van der Waals surface area contributed by atoms with Gasteiger partial charge in [0.25, 0.3) is 0 Å². The predicted octanol–water partition coefficient (Wildman–Crippen LogP) is 2.79. The molecule has 3 heteroatoms. The summed E-state index contributed by atoms with van der Waals surface area (Å²) in [6, 6.07) is 6.51. The van der Waals surface area contributed by atoms with Crippen molar-refractivity contribution in [3.8, 4) is 0 Å². The number of benzene rings is 1. The smallest absolute Gasteiger partial charge is 0.146 e. The predicted molar refractivity (Wildman–Crippen MR) is 84.5 cm³/mol. The second-order valence-electron chi connectivity index (χ2n) is 5.77. The summed E-state index contributed by atoms with van der Waals surface area (Å²) >= 11 is 0. The van der Waals surface area contributed by atoms with Crippen LogP contribution in [0.4, 0.5) is 5.69 Å². The Hall–Kier alpha value is -1.35. The zero-order valence-electron chi connectivity index (χ0n) is 13.0. The minimum absolute atomic E-state index is 0.382. The molecule has 1 heterocycles. The van der Waals surface area contributed by atoms with E-state index in [1.807, 2.05) is 0 Å². The molecule has 1 aliphatic heterocycles. The van der Waals surface area contributed by atoms with Crippen molar-refractivity contribution in [1.82, 2.24) is 4.90 Å². The van der Waals surface area contributed by atoms with Gasteiger partial charge in [-0.3, -0.25) is 9.69 Å². The largest absolute Gasteiger partial charge is 0.369 e. The molecule has 0 N–H and O–H groups in total. The Morgan fingerprint density at radius 1 is 1.15 bits per heavy atom. The van der Waals surface area contributed by atoms with E-state index in [1.54, 1.807) is 0 Å². The number of carbonyl (C=O) groups is 1. The normalized spacial score (nSPS) is 16.4. The summed E-state index contributed by atoms with van der Waals surface area (Å²) < 4.78 is 0. The number of nitrogens with zero attached hydrogens (tertiary/aromatic N) is 2. The van der Waals surface area contributed by atoms with E-state index in [0.29, 0.717) is 12.3 Å². The molecule has 3 nitrogen and oxygen atoms in total. The Morgan fingerprint density at radius 2 is 1.85 bits per heavy atom. The van der Waals surface area contributed by atoms with Crippen molar-refractivity contribution >= 4 is 11.5 Å². The highest BCUT2D eigenvalue weighted by Crippen LogP contribution is 2.23. The molecule has 1 aromatic rings. The highest BCUT2D eigenvalue weighted by Gasteiger charge is 2.19. The van der Waals surface area contributed by atoms with Gasteiger partial charge in [-0.1, -0.05) is 19.1 Å². The third kappa shape index (κ3) is 3.60. The summed E-state index contributed by atoms with van der Waals surface area (Å²) in [7, 11) is 0. The molecule has 0 amide bonds. The molecular weight excluding hydrogens is 248 g/mol. The summed E-state index contributed by atoms with van der Waals surface area (Å²) in [6.45, 7) is 11.1. The van der Waals surface area contributed by atoms with Gasteiger partial charge >= 0.3 is 0 Å². The Bertz CT molecular complexity index is 462. The minimum atomic E-state index is 0.382. The molecule has 110 valence electrons. The van der Waals surface area contributed by atoms with E-state index in [2.05, 4.69) is 48.8 Å². The van der Waals surface area contributed by atoms with Crippen LogP contribution in [0.2, 0.25) is 0 Å². The van der Waals surface area contributed by atoms with Gasteiger partial charge in [-0.15, -0.1) is 0 Å². The van der Waals surface area contributed by atoms with E-state index < -0.39 is 0 Å². The fourth-order valence-electron chi connectivity index (χ4n) is 2.83. The maximum atomic E-state index is 11.7. The van der Waals surface area contributed by atoms with E-state index >= 15 is 0 Å². The van der Waals surface area contributed by atoms with Gasteiger partial charge in [0, 0.05) is 38.3 Å². The third-order valence-electron chi connectivity index (χ3n) is 4.22. The molecule has 0 unspecified atom stereocenters.